The largest absolute Gasteiger partial charge is 0.332 e. The Bertz CT molecular complexity index is 468. The van der Waals surface area contributed by atoms with Crippen molar-refractivity contribution in [3.63, 3.8) is 0 Å². The van der Waals surface area contributed by atoms with Gasteiger partial charge < -0.3 is 4.98 Å². The normalized spacial score (nSPS) is 19.4. The Labute approximate surface area is 95.7 Å². The third kappa shape index (κ3) is 1.99. The maximum atomic E-state index is 12.0. The molecule has 1 aromatic rings. The van der Waals surface area contributed by atoms with Gasteiger partial charge in [-0.3, -0.25) is 0 Å². The molecule has 0 bridgehead atoms. The van der Waals surface area contributed by atoms with Gasteiger partial charge in [-0.15, -0.1) is 0 Å². The monoisotopic (exact) mass is 243 g/mol. The summed E-state index contributed by atoms with van der Waals surface area (Å²) in [5.41, 5.74) is -0.224. The van der Waals surface area contributed by atoms with Crippen LogP contribution in [-0.4, -0.2) is 23.9 Å². The third-order valence-corrected chi connectivity index (χ3v) is 4.80. The van der Waals surface area contributed by atoms with Crippen molar-refractivity contribution in [3.05, 3.63) is 12.0 Å². The second-order valence-electron chi connectivity index (χ2n) is 4.43. The molecule has 90 valence electrons. The number of sulfonamides is 1. The van der Waals surface area contributed by atoms with E-state index in [0.29, 0.717) is 5.82 Å². The number of hydrogen-bond acceptors (Lipinski definition) is 3. The number of aryl methyl sites for hydroxylation is 1. The van der Waals surface area contributed by atoms with E-state index in [9.17, 15) is 8.42 Å². The number of H-pyrrole nitrogens is 1. The maximum absolute atomic E-state index is 12.0. The van der Waals surface area contributed by atoms with E-state index in [0.717, 1.165) is 25.7 Å². The molecule has 1 aliphatic carbocycles. The van der Waals surface area contributed by atoms with Crippen LogP contribution in [0.4, 0.5) is 0 Å². The van der Waals surface area contributed by atoms with E-state index < -0.39 is 10.0 Å². The zero-order chi connectivity index (χ0) is 11.8. The smallest absolute Gasteiger partial charge is 0.258 e. The number of aromatic nitrogens is 2. The highest BCUT2D eigenvalue weighted by Gasteiger charge is 2.39. The lowest BCUT2D eigenvalue weighted by atomic mass is 9.76. The lowest BCUT2D eigenvalue weighted by Gasteiger charge is -2.41. The number of rotatable bonds is 4. The van der Waals surface area contributed by atoms with Crippen LogP contribution >= 0.6 is 0 Å². The van der Waals surface area contributed by atoms with Gasteiger partial charge in [0.25, 0.3) is 10.0 Å². The van der Waals surface area contributed by atoms with E-state index in [1.54, 1.807) is 6.92 Å². The van der Waals surface area contributed by atoms with E-state index >= 15 is 0 Å². The minimum Gasteiger partial charge on any atom is -0.332 e. The molecule has 0 aromatic carbocycles. The van der Waals surface area contributed by atoms with Crippen molar-refractivity contribution >= 4 is 10.0 Å². The van der Waals surface area contributed by atoms with Gasteiger partial charge >= 0.3 is 0 Å². The van der Waals surface area contributed by atoms with Gasteiger partial charge in [0.2, 0.25) is 0 Å². The van der Waals surface area contributed by atoms with Crippen LogP contribution in [0.1, 0.15) is 38.4 Å². The van der Waals surface area contributed by atoms with Crippen LogP contribution in [0.5, 0.6) is 0 Å². The molecule has 1 aromatic heterocycles. The Hall–Kier alpha value is -0.880. The van der Waals surface area contributed by atoms with Crippen LogP contribution in [0.15, 0.2) is 11.2 Å². The first-order valence-electron chi connectivity index (χ1n) is 5.53. The zero-order valence-corrected chi connectivity index (χ0v) is 10.4. The van der Waals surface area contributed by atoms with Crippen LogP contribution in [0.2, 0.25) is 0 Å². The van der Waals surface area contributed by atoms with E-state index in [1.165, 1.54) is 6.20 Å². The first-order chi connectivity index (χ1) is 7.47. The van der Waals surface area contributed by atoms with Gasteiger partial charge in [-0.2, -0.15) is 0 Å². The van der Waals surface area contributed by atoms with Crippen molar-refractivity contribution in [3.8, 4) is 0 Å². The second kappa shape index (κ2) is 3.85. The Kier molecular flexibility index (Phi) is 2.79. The highest BCUT2D eigenvalue weighted by atomic mass is 32.2. The third-order valence-electron chi connectivity index (χ3n) is 3.31. The minimum atomic E-state index is -3.44. The topological polar surface area (TPSA) is 74.8 Å². The van der Waals surface area contributed by atoms with Crippen LogP contribution < -0.4 is 4.72 Å². The minimum absolute atomic E-state index is 0.157. The van der Waals surface area contributed by atoms with Gasteiger partial charge in [0.05, 0.1) is 6.20 Å². The fraction of sp³-hybridized carbons (Fsp3) is 0.700. The Morgan fingerprint density at radius 2 is 2.25 bits per heavy atom. The molecule has 2 N–H and O–H groups in total. The molecule has 6 heteroatoms. The van der Waals surface area contributed by atoms with Gasteiger partial charge in [-0.1, -0.05) is 6.92 Å². The van der Waals surface area contributed by atoms with Crippen molar-refractivity contribution in [2.45, 2.75) is 50.1 Å². The molecule has 0 radical (unpaired) electrons. The maximum Gasteiger partial charge on any atom is 0.258 e. The number of nitrogens with zero attached hydrogens (tertiary/aromatic N) is 1. The quantitative estimate of drug-likeness (QED) is 0.837. The summed E-state index contributed by atoms with van der Waals surface area (Å²) in [6.45, 7) is 3.75. The molecule has 0 atom stereocenters. The highest BCUT2D eigenvalue weighted by Crippen LogP contribution is 2.35. The standard InChI is InChI=1S/C10H17N3O2S/c1-3-10(5-4-6-10)13-16(14,15)9-7-11-8(2)12-9/h7,13H,3-6H2,1-2H3,(H,11,12). The molecule has 1 heterocycles. The van der Waals surface area contributed by atoms with E-state index in [-0.39, 0.29) is 10.6 Å². The van der Waals surface area contributed by atoms with Crippen molar-refractivity contribution < 1.29 is 8.42 Å². The molecular weight excluding hydrogens is 226 g/mol. The SMILES string of the molecule is CCC1(NS(=O)(=O)c2cnc(C)[nH]2)CCC1. The molecule has 0 spiro atoms. The molecule has 0 saturated heterocycles. The molecule has 16 heavy (non-hydrogen) atoms. The summed E-state index contributed by atoms with van der Waals surface area (Å²) in [6.07, 6.45) is 5.14. The summed E-state index contributed by atoms with van der Waals surface area (Å²) in [5.74, 6) is 0.611. The number of aromatic amines is 1. The van der Waals surface area contributed by atoms with Gasteiger partial charge in [0.1, 0.15) is 5.82 Å². The summed E-state index contributed by atoms with van der Waals surface area (Å²) in [6, 6.07) is 0. The Morgan fingerprint density at radius 3 is 2.62 bits per heavy atom. The lowest BCUT2D eigenvalue weighted by molar-refractivity contribution is 0.213. The first kappa shape index (κ1) is 11.6. The predicted octanol–water partition coefficient (Wildman–Crippen LogP) is 1.33. The summed E-state index contributed by atoms with van der Waals surface area (Å²) in [4.78, 5) is 6.66. The van der Waals surface area contributed by atoms with E-state index in [4.69, 9.17) is 0 Å². The van der Waals surface area contributed by atoms with E-state index in [2.05, 4.69) is 14.7 Å². The average Bonchev–Trinajstić information content (AvgIpc) is 2.59. The van der Waals surface area contributed by atoms with Crippen molar-refractivity contribution in [1.82, 2.24) is 14.7 Å². The van der Waals surface area contributed by atoms with Crippen molar-refractivity contribution in [2.24, 2.45) is 0 Å². The zero-order valence-electron chi connectivity index (χ0n) is 9.58. The second-order valence-corrected chi connectivity index (χ2v) is 6.08. The van der Waals surface area contributed by atoms with Gasteiger partial charge in [-0.05, 0) is 32.6 Å². The van der Waals surface area contributed by atoms with Crippen LogP contribution in [0.3, 0.4) is 0 Å². The summed E-state index contributed by atoms with van der Waals surface area (Å²) < 4.78 is 26.8. The molecular formula is C10H17N3O2S. The van der Waals surface area contributed by atoms with Gasteiger partial charge in [0, 0.05) is 5.54 Å². The van der Waals surface area contributed by atoms with Crippen LogP contribution in [0.25, 0.3) is 0 Å². The highest BCUT2D eigenvalue weighted by molar-refractivity contribution is 7.89. The number of nitrogens with one attached hydrogen (secondary N) is 2. The fourth-order valence-corrected chi connectivity index (χ4v) is 3.51. The van der Waals surface area contributed by atoms with Gasteiger partial charge in [-0.25, -0.2) is 18.1 Å². The fourth-order valence-electron chi connectivity index (χ4n) is 2.01. The van der Waals surface area contributed by atoms with Gasteiger partial charge in [0.15, 0.2) is 5.03 Å². The van der Waals surface area contributed by atoms with E-state index in [1.807, 2.05) is 6.92 Å². The molecule has 0 amide bonds. The number of hydrogen-bond donors (Lipinski definition) is 2. The summed E-state index contributed by atoms with van der Waals surface area (Å²) in [5, 5.41) is 0.157. The van der Waals surface area contributed by atoms with Crippen LogP contribution in [-0.2, 0) is 10.0 Å². The molecule has 1 saturated carbocycles. The molecule has 1 fully saturated rings. The first-order valence-corrected chi connectivity index (χ1v) is 7.01. The number of imidazole rings is 1. The average molecular weight is 243 g/mol. The molecule has 0 unspecified atom stereocenters. The predicted molar refractivity (Wildman–Crippen MR) is 60.5 cm³/mol. The Morgan fingerprint density at radius 1 is 1.56 bits per heavy atom. The lowest BCUT2D eigenvalue weighted by Crippen LogP contribution is -2.52. The Balaban J connectivity index is 2.20. The summed E-state index contributed by atoms with van der Waals surface area (Å²) in [7, 11) is -3.44. The van der Waals surface area contributed by atoms with Crippen LogP contribution in [0, 0.1) is 6.92 Å². The summed E-state index contributed by atoms with van der Waals surface area (Å²) >= 11 is 0. The molecule has 2 rings (SSSR count). The van der Waals surface area contributed by atoms with Crippen molar-refractivity contribution in [2.75, 3.05) is 0 Å². The molecule has 1 aliphatic rings. The van der Waals surface area contributed by atoms with Crippen molar-refractivity contribution in [1.29, 1.82) is 0 Å². The molecule has 5 nitrogen and oxygen atoms in total. The molecule has 0 aliphatic heterocycles.